The van der Waals surface area contributed by atoms with Crippen molar-refractivity contribution in [1.29, 1.82) is 0 Å². The Labute approximate surface area is 152 Å². The van der Waals surface area contributed by atoms with Gasteiger partial charge < -0.3 is 14.2 Å². The highest BCUT2D eigenvalue weighted by Gasteiger charge is 2.15. The quantitative estimate of drug-likeness (QED) is 0.743. The highest BCUT2D eigenvalue weighted by molar-refractivity contribution is 6.00. The molecule has 0 aromatic heterocycles. The summed E-state index contributed by atoms with van der Waals surface area (Å²) in [7, 11) is 1.47. The van der Waals surface area contributed by atoms with Crippen molar-refractivity contribution < 1.29 is 23.8 Å². The van der Waals surface area contributed by atoms with E-state index in [4.69, 9.17) is 14.2 Å². The summed E-state index contributed by atoms with van der Waals surface area (Å²) < 4.78 is 16.1. The zero-order valence-corrected chi connectivity index (χ0v) is 15.0. The standard InChI is InChI=1S/C19H22N2O5/c1-4-25-16-11-10-13(12-17(16)26-5-2)18(22)20-21-19(23)14-8-6-7-9-15(14)24-3/h6-12H,4-5H2,1-3H3,(H,20,22)(H,21,23). The Morgan fingerprint density at radius 3 is 2.19 bits per heavy atom. The van der Waals surface area contributed by atoms with Gasteiger partial charge in [-0.15, -0.1) is 0 Å². The summed E-state index contributed by atoms with van der Waals surface area (Å²) in [4.78, 5) is 24.5. The monoisotopic (exact) mass is 358 g/mol. The fourth-order valence-corrected chi connectivity index (χ4v) is 2.28. The predicted octanol–water partition coefficient (Wildman–Crippen LogP) is 2.57. The van der Waals surface area contributed by atoms with Crippen LogP contribution in [0.5, 0.6) is 17.2 Å². The van der Waals surface area contributed by atoms with Gasteiger partial charge in [-0.05, 0) is 44.2 Å². The van der Waals surface area contributed by atoms with Crippen molar-refractivity contribution in [3.05, 3.63) is 53.6 Å². The number of hydrazine groups is 1. The molecule has 7 nitrogen and oxygen atoms in total. The Balaban J connectivity index is 2.07. The normalized spacial score (nSPS) is 9.96. The van der Waals surface area contributed by atoms with E-state index in [2.05, 4.69) is 10.9 Å². The second-order valence-electron chi connectivity index (χ2n) is 5.14. The molecule has 0 spiro atoms. The molecular weight excluding hydrogens is 336 g/mol. The average molecular weight is 358 g/mol. The van der Waals surface area contributed by atoms with Gasteiger partial charge in [0.05, 0.1) is 25.9 Å². The maximum Gasteiger partial charge on any atom is 0.273 e. The number of carbonyl (C=O) groups excluding carboxylic acids is 2. The van der Waals surface area contributed by atoms with Crippen molar-refractivity contribution in [3.8, 4) is 17.2 Å². The second kappa shape index (κ2) is 9.31. The van der Waals surface area contributed by atoms with Crippen molar-refractivity contribution in [3.63, 3.8) is 0 Å². The molecule has 0 heterocycles. The number of hydrogen-bond acceptors (Lipinski definition) is 5. The van der Waals surface area contributed by atoms with Crippen LogP contribution in [0.4, 0.5) is 0 Å². The molecule has 0 saturated carbocycles. The molecule has 0 bridgehead atoms. The third kappa shape index (κ3) is 4.66. The first-order chi connectivity index (χ1) is 12.6. The summed E-state index contributed by atoms with van der Waals surface area (Å²) in [5.41, 5.74) is 5.40. The summed E-state index contributed by atoms with van der Waals surface area (Å²) >= 11 is 0. The van der Waals surface area contributed by atoms with Gasteiger partial charge in [-0.2, -0.15) is 0 Å². The summed E-state index contributed by atoms with van der Waals surface area (Å²) in [6, 6.07) is 11.5. The number of amides is 2. The van der Waals surface area contributed by atoms with Gasteiger partial charge in [-0.25, -0.2) is 0 Å². The lowest BCUT2D eigenvalue weighted by Gasteiger charge is -2.13. The van der Waals surface area contributed by atoms with Crippen LogP contribution in [0.15, 0.2) is 42.5 Å². The van der Waals surface area contributed by atoms with Crippen LogP contribution < -0.4 is 25.1 Å². The zero-order chi connectivity index (χ0) is 18.9. The van der Waals surface area contributed by atoms with Crippen LogP contribution in [-0.4, -0.2) is 32.1 Å². The largest absolute Gasteiger partial charge is 0.496 e. The molecule has 26 heavy (non-hydrogen) atoms. The number of hydrogen-bond donors (Lipinski definition) is 2. The predicted molar refractivity (Wildman–Crippen MR) is 96.7 cm³/mol. The topological polar surface area (TPSA) is 85.9 Å². The lowest BCUT2D eigenvalue weighted by molar-refractivity contribution is 0.0844. The van der Waals surface area contributed by atoms with E-state index in [9.17, 15) is 9.59 Å². The van der Waals surface area contributed by atoms with Crippen molar-refractivity contribution in [2.24, 2.45) is 0 Å². The smallest absolute Gasteiger partial charge is 0.273 e. The molecule has 138 valence electrons. The van der Waals surface area contributed by atoms with Crippen molar-refractivity contribution >= 4 is 11.8 Å². The zero-order valence-electron chi connectivity index (χ0n) is 15.0. The highest BCUT2D eigenvalue weighted by Crippen LogP contribution is 2.28. The molecule has 0 radical (unpaired) electrons. The fraction of sp³-hybridized carbons (Fsp3) is 0.263. The molecule has 2 amide bonds. The molecule has 2 aromatic carbocycles. The fourth-order valence-electron chi connectivity index (χ4n) is 2.28. The Morgan fingerprint density at radius 1 is 0.846 bits per heavy atom. The van der Waals surface area contributed by atoms with Crippen LogP contribution >= 0.6 is 0 Å². The minimum atomic E-state index is -0.480. The Hall–Kier alpha value is -3.22. The second-order valence-corrected chi connectivity index (χ2v) is 5.14. The number of ether oxygens (including phenoxy) is 3. The molecule has 2 aromatic rings. The summed E-state index contributed by atoms with van der Waals surface area (Å²) in [5, 5.41) is 0. The minimum Gasteiger partial charge on any atom is -0.496 e. The number of methoxy groups -OCH3 is 1. The van der Waals surface area contributed by atoms with Gasteiger partial charge in [0.15, 0.2) is 11.5 Å². The Bertz CT molecular complexity index is 776. The molecule has 7 heteroatoms. The van der Waals surface area contributed by atoms with E-state index in [0.29, 0.717) is 41.6 Å². The van der Waals surface area contributed by atoms with Crippen LogP contribution in [0.2, 0.25) is 0 Å². The van der Waals surface area contributed by atoms with Crippen LogP contribution in [0, 0.1) is 0 Å². The van der Waals surface area contributed by atoms with Gasteiger partial charge in [-0.3, -0.25) is 20.4 Å². The molecule has 0 unspecified atom stereocenters. The number of rotatable bonds is 7. The van der Waals surface area contributed by atoms with Gasteiger partial charge in [0, 0.05) is 5.56 Å². The minimum absolute atomic E-state index is 0.317. The molecule has 0 aliphatic carbocycles. The third-order valence-corrected chi connectivity index (χ3v) is 3.45. The SMILES string of the molecule is CCOc1ccc(C(=O)NNC(=O)c2ccccc2OC)cc1OCC. The van der Waals surface area contributed by atoms with Crippen molar-refractivity contribution in [2.75, 3.05) is 20.3 Å². The van der Waals surface area contributed by atoms with E-state index in [-0.39, 0.29) is 0 Å². The molecule has 2 rings (SSSR count). The van der Waals surface area contributed by atoms with E-state index >= 15 is 0 Å². The molecule has 0 fully saturated rings. The Kier molecular flexibility index (Phi) is 6.84. The van der Waals surface area contributed by atoms with Gasteiger partial charge in [0.25, 0.3) is 11.8 Å². The highest BCUT2D eigenvalue weighted by atomic mass is 16.5. The van der Waals surface area contributed by atoms with E-state index in [0.717, 1.165) is 0 Å². The number of carbonyl (C=O) groups is 2. The lowest BCUT2D eigenvalue weighted by atomic mass is 10.2. The average Bonchev–Trinajstić information content (AvgIpc) is 2.67. The van der Waals surface area contributed by atoms with Gasteiger partial charge >= 0.3 is 0 Å². The maximum absolute atomic E-state index is 12.3. The van der Waals surface area contributed by atoms with E-state index in [1.807, 2.05) is 13.8 Å². The van der Waals surface area contributed by atoms with Crippen LogP contribution in [0.25, 0.3) is 0 Å². The van der Waals surface area contributed by atoms with Gasteiger partial charge in [-0.1, -0.05) is 12.1 Å². The lowest BCUT2D eigenvalue weighted by Crippen LogP contribution is -2.41. The number of benzene rings is 2. The first-order valence-electron chi connectivity index (χ1n) is 8.24. The van der Waals surface area contributed by atoms with Gasteiger partial charge in [0.2, 0.25) is 0 Å². The van der Waals surface area contributed by atoms with Crippen LogP contribution in [-0.2, 0) is 0 Å². The van der Waals surface area contributed by atoms with Crippen molar-refractivity contribution in [2.45, 2.75) is 13.8 Å². The first-order valence-corrected chi connectivity index (χ1v) is 8.24. The molecule has 0 aliphatic rings. The van der Waals surface area contributed by atoms with Gasteiger partial charge in [0.1, 0.15) is 5.75 Å². The first kappa shape index (κ1) is 19.1. The molecule has 2 N–H and O–H groups in total. The van der Waals surface area contributed by atoms with Crippen LogP contribution in [0.1, 0.15) is 34.6 Å². The summed E-state index contributed by atoms with van der Waals surface area (Å²) in [6.45, 7) is 4.63. The molecular formula is C19H22N2O5. The molecule has 0 aliphatic heterocycles. The molecule has 0 atom stereocenters. The third-order valence-electron chi connectivity index (χ3n) is 3.45. The molecule has 0 saturated heterocycles. The Morgan fingerprint density at radius 2 is 1.50 bits per heavy atom. The summed E-state index contributed by atoms with van der Waals surface area (Å²) in [6.07, 6.45) is 0. The van der Waals surface area contributed by atoms with E-state index < -0.39 is 11.8 Å². The van der Waals surface area contributed by atoms with Crippen LogP contribution in [0.3, 0.4) is 0 Å². The maximum atomic E-state index is 12.3. The van der Waals surface area contributed by atoms with E-state index in [1.54, 1.807) is 42.5 Å². The van der Waals surface area contributed by atoms with E-state index in [1.165, 1.54) is 7.11 Å². The number of nitrogens with one attached hydrogen (secondary N) is 2. The number of para-hydroxylation sites is 1. The van der Waals surface area contributed by atoms with Crippen molar-refractivity contribution in [1.82, 2.24) is 10.9 Å². The summed E-state index contributed by atoms with van der Waals surface area (Å²) in [5.74, 6) is 0.491.